The molecule has 0 spiro atoms. The van der Waals surface area contributed by atoms with E-state index in [1.165, 1.54) is 0 Å². The molecule has 0 radical (unpaired) electrons. The summed E-state index contributed by atoms with van der Waals surface area (Å²) in [6.45, 7) is 9.45. The summed E-state index contributed by atoms with van der Waals surface area (Å²) in [5.41, 5.74) is 2.39. The highest BCUT2D eigenvalue weighted by Gasteiger charge is 2.14. The molecule has 0 aliphatic rings. The summed E-state index contributed by atoms with van der Waals surface area (Å²) >= 11 is 0. The van der Waals surface area contributed by atoms with Crippen LogP contribution in [0.5, 0.6) is 0 Å². The molecule has 0 unspecified atom stereocenters. The maximum absolute atomic E-state index is 12.2. The van der Waals surface area contributed by atoms with Crippen LogP contribution < -0.4 is 5.56 Å². The molecule has 98 valence electrons. The van der Waals surface area contributed by atoms with Gasteiger partial charge in [-0.3, -0.25) is 14.6 Å². The van der Waals surface area contributed by atoms with Crippen LogP contribution in [0.2, 0.25) is 0 Å². The summed E-state index contributed by atoms with van der Waals surface area (Å²) in [5, 5.41) is 3.30. The third-order valence-corrected chi connectivity index (χ3v) is 2.98. The maximum Gasteiger partial charge on any atom is 0.269 e. The summed E-state index contributed by atoms with van der Waals surface area (Å²) < 4.78 is 1.78. The highest BCUT2D eigenvalue weighted by molar-refractivity contribution is 5.18. The Labute approximate surface area is 104 Å². The van der Waals surface area contributed by atoms with Crippen LogP contribution in [0.15, 0.2) is 4.79 Å². The van der Waals surface area contributed by atoms with Gasteiger partial charge in [0.2, 0.25) is 0 Å². The Kier molecular flexibility index (Phi) is 5.52. The van der Waals surface area contributed by atoms with E-state index in [-0.39, 0.29) is 5.56 Å². The van der Waals surface area contributed by atoms with Crippen molar-refractivity contribution in [1.82, 2.24) is 9.78 Å². The van der Waals surface area contributed by atoms with Gasteiger partial charge in [0.25, 0.3) is 5.56 Å². The summed E-state index contributed by atoms with van der Waals surface area (Å²) in [6, 6.07) is 0. The lowest BCUT2D eigenvalue weighted by atomic mass is 10.0. The second kappa shape index (κ2) is 6.67. The number of hydrogen-bond donors (Lipinski definition) is 1. The number of rotatable bonds is 7. The fraction of sp³-hybridized carbons (Fsp3) is 0.786. The van der Waals surface area contributed by atoms with Crippen molar-refractivity contribution in [1.29, 1.82) is 0 Å². The Morgan fingerprint density at radius 3 is 2.47 bits per heavy atom. The number of H-pyrrole nitrogens is 1. The molecule has 0 atom stereocenters. The lowest BCUT2D eigenvalue weighted by Crippen LogP contribution is -2.18. The zero-order valence-electron chi connectivity index (χ0n) is 11.7. The molecule has 0 bridgehead atoms. The van der Waals surface area contributed by atoms with Gasteiger partial charge in [0.1, 0.15) is 0 Å². The van der Waals surface area contributed by atoms with Crippen molar-refractivity contribution in [2.24, 2.45) is 5.92 Å². The average molecular weight is 238 g/mol. The van der Waals surface area contributed by atoms with E-state index in [1.807, 2.05) is 0 Å². The van der Waals surface area contributed by atoms with Gasteiger partial charge in [-0.05, 0) is 31.6 Å². The number of aromatic nitrogens is 2. The van der Waals surface area contributed by atoms with Crippen molar-refractivity contribution in [3.05, 3.63) is 21.6 Å². The van der Waals surface area contributed by atoms with Crippen LogP contribution in [0.1, 0.15) is 58.2 Å². The second-order valence-electron chi connectivity index (χ2n) is 5.23. The van der Waals surface area contributed by atoms with Crippen LogP contribution >= 0.6 is 0 Å². The Hall–Kier alpha value is -0.990. The monoisotopic (exact) mass is 238 g/mol. The van der Waals surface area contributed by atoms with E-state index in [9.17, 15) is 4.79 Å². The molecule has 1 aromatic rings. The summed E-state index contributed by atoms with van der Waals surface area (Å²) in [6.07, 6.45) is 5.13. The van der Waals surface area contributed by atoms with Gasteiger partial charge in [0, 0.05) is 17.8 Å². The molecular formula is C14H26N2O. The zero-order chi connectivity index (χ0) is 12.8. The minimum absolute atomic E-state index is 0.205. The number of aromatic amines is 1. The van der Waals surface area contributed by atoms with Crippen LogP contribution in [0.25, 0.3) is 0 Å². The minimum atomic E-state index is 0.205. The zero-order valence-corrected chi connectivity index (χ0v) is 11.7. The van der Waals surface area contributed by atoms with E-state index in [1.54, 1.807) is 4.68 Å². The van der Waals surface area contributed by atoms with Crippen molar-refractivity contribution in [3.8, 4) is 0 Å². The predicted molar refractivity (Wildman–Crippen MR) is 72.5 cm³/mol. The van der Waals surface area contributed by atoms with Crippen molar-refractivity contribution in [3.63, 3.8) is 0 Å². The largest absolute Gasteiger partial charge is 0.299 e. The normalized spacial score (nSPS) is 11.4. The molecule has 0 aromatic carbocycles. The summed E-state index contributed by atoms with van der Waals surface area (Å²) in [4.78, 5) is 12.2. The molecule has 0 fully saturated rings. The molecule has 1 aromatic heterocycles. The van der Waals surface area contributed by atoms with Crippen molar-refractivity contribution >= 4 is 0 Å². The van der Waals surface area contributed by atoms with Crippen LogP contribution in [-0.4, -0.2) is 9.78 Å². The van der Waals surface area contributed by atoms with E-state index < -0.39 is 0 Å². The highest BCUT2D eigenvalue weighted by Crippen LogP contribution is 2.11. The van der Waals surface area contributed by atoms with E-state index in [0.717, 1.165) is 49.9 Å². The van der Waals surface area contributed by atoms with Gasteiger partial charge in [-0.15, -0.1) is 0 Å². The Morgan fingerprint density at radius 2 is 1.94 bits per heavy atom. The second-order valence-corrected chi connectivity index (χ2v) is 5.23. The average Bonchev–Trinajstić information content (AvgIpc) is 2.53. The van der Waals surface area contributed by atoms with E-state index in [2.05, 4.69) is 32.8 Å². The van der Waals surface area contributed by atoms with Gasteiger partial charge in [0.05, 0.1) is 0 Å². The van der Waals surface area contributed by atoms with Gasteiger partial charge < -0.3 is 0 Å². The van der Waals surface area contributed by atoms with Gasteiger partial charge in [-0.1, -0.05) is 34.1 Å². The van der Waals surface area contributed by atoms with E-state index in [4.69, 9.17) is 0 Å². The molecule has 0 aliphatic heterocycles. The van der Waals surface area contributed by atoms with Crippen molar-refractivity contribution < 1.29 is 0 Å². The molecule has 1 N–H and O–H groups in total. The van der Waals surface area contributed by atoms with Gasteiger partial charge in [-0.2, -0.15) is 0 Å². The molecule has 0 saturated carbocycles. The van der Waals surface area contributed by atoms with Gasteiger partial charge in [-0.25, -0.2) is 0 Å². The van der Waals surface area contributed by atoms with Gasteiger partial charge >= 0.3 is 0 Å². The minimum Gasteiger partial charge on any atom is -0.299 e. The molecule has 3 heteroatoms. The van der Waals surface area contributed by atoms with Gasteiger partial charge in [0.15, 0.2) is 0 Å². The number of hydrogen-bond acceptors (Lipinski definition) is 1. The van der Waals surface area contributed by atoms with Crippen LogP contribution in [-0.2, 0) is 19.4 Å². The van der Waals surface area contributed by atoms with E-state index >= 15 is 0 Å². The lowest BCUT2D eigenvalue weighted by Gasteiger charge is -2.04. The summed E-state index contributed by atoms with van der Waals surface area (Å²) in [7, 11) is 0. The quantitative estimate of drug-likeness (QED) is 0.778. The molecular weight excluding hydrogens is 212 g/mol. The fourth-order valence-electron chi connectivity index (χ4n) is 2.14. The Bertz CT molecular complexity index is 387. The number of aryl methyl sites for hydroxylation is 1. The van der Waals surface area contributed by atoms with Crippen molar-refractivity contribution in [2.45, 2.75) is 66.3 Å². The molecule has 0 aliphatic carbocycles. The first-order valence-electron chi connectivity index (χ1n) is 6.90. The fourth-order valence-corrected chi connectivity index (χ4v) is 2.14. The third kappa shape index (κ3) is 3.76. The molecule has 3 nitrogen and oxygen atoms in total. The SMILES string of the molecule is CCCCc1c(CC(C)C)[nH]n(CCC)c1=O. The number of unbranched alkanes of at least 4 members (excludes halogenated alkanes) is 1. The highest BCUT2D eigenvalue weighted by atomic mass is 16.1. The molecule has 17 heavy (non-hydrogen) atoms. The standard InChI is InChI=1S/C14H26N2O/c1-5-7-8-12-13(10-11(3)4)15-16(9-6-2)14(12)17/h11,15H,5-10H2,1-4H3. The number of nitrogens with one attached hydrogen (secondary N) is 1. The summed E-state index contributed by atoms with van der Waals surface area (Å²) in [5.74, 6) is 0.587. The lowest BCUT2D eigenvalue weighted by molar-refractivity contribution is 0.562. The first-order valence-corrected chi connectivity index (χ1v) is 6.90. The topological polar surface area (TPSA) is 37.8 Å². The van der Waals surface area contributed by atoms with Crippen LogP contribution in [0, 0.1) is 5.92 Å². The molecule has 1 rings (SSSR count). The van der Waals surface area contributed by atoms with Crippen LogP contribution in [0.3, 0.4) is 0 Å². The van der Waals surface area contributed by atoms with Crippen LogP contribution in [0.4, 0.5) is 0 Å². The maximum atomic E-state index is 12.2. The predicted octanol–water partition coefficient (Wildman–Crippen LogP) is 3.13. The first-order chi connectivity index (χ1) is 8.10. The molecule has 0 saturated heterocycles. The smallest absolute Gasteiger partial charge is 0.269 e. The molecule has 0 amide bonds. The first kappa shape index (κ1) is 14.1. The molecule has 1 heterocycles. The Balaban J connectivity index is 2.99. The Morgan fingerprint density at radius 1 is 1.24 bits per heavy atom. The van der Waals surface area contributed by atoms with Crippen molar-refractivity contribution in [2.75, 3.05) is 0 Å². The third-order valence-electron chi connectivity index (χ3n) is 2.98. The number of nitrogens with zero attached hydrogens (tertiary/aromatic N) is 1. The van der Waals surface area contributed by atoms with E-state index in [0.29, 0.717) is 5.92 Å².